The summed E-state index contributed by atoms with van der Waals surface area (Å²) in [5, 5.41) is 8.70. The van der Waals surface area contributed by atoms with Gasteiger partial charge in [-0.3, -0.25) is 0 Å². The van der Waals surface area contributed by atoms with Crippen LogP contribution in [0.1, 0.15) is 40.0 Å². The van der Waals surface area contributed by atoms with Crippen LogP contribution in [-0.2, 0) is 0 Å². The van der Waals surface area contributed by atoms with Crippen LogP contribution < -0.4 is 0 Å². The van der Waals surface area contributed by atoms with Gasteiger partial charge in [0.25, 0.3) is 0 Å². The van der Waals surface area contributed by atoms with Crippen molar-refractivity contribution in [2.45, 2.75) is 40.0 Å². The molecule has 0 aromatic heterocycles. The highest BCUT2D eigenvalue weighted by atomic mass is 16.3. The predicted octanol–water partition coefficient (Wildman–Crippen LogP) is 2.44. The summed E-state index contributed by atoms with van der Waals surface area (Å²) in [7, 11) is 0. The van der Waals surface area contributed by atoms with E-state index in [0.717, 1.165) is 5.92 Å². The number of aliphatic hydroxyl groups excluding tert-OH is 1. The maximum Gasteiger partial charge on any atom is 0.0456 e. The van der Waals surface area contributed by atoms with E-state index in [1.165, 1.54) is 19.3 Å². The summed E-state index contributed by atoms with van der Waals surface area (Å²) in [4.78, 5) is 0. The van der Waals surface area contributed by atoms with E-state index in [-0.39, 0.29) is 0 Å². The second-order valence-corrected chi connectivity index (χ2v) is 3.61. The molecule has 1 heteroatoms. The van der Waals surface area contributed by atoms with Gasteiger partial charge in [0, 0.05) is 6.61 Å². The molecule has 10 heavy (non-hydrogen) atoms. The maximum atomic E-state index is 8.70. The second kappa shape index (κ2) is 5.72. The van der Waals surface area contributed by atoms with Crippen molar-refractivity contribution in [3.63, 3.8) is 0 Å². The SMILES string of the molecule is CC(C)CCCC(C)CO. The lowest BCUT2D eigenvalue weighted by Crippen LogP contribution is -2.00. The molecule has 0 fully saturated rings. The van der Waals surface area contributed by atoms with Crippen molar-refractivity contribution >= 4 is 0 Å². The predicted molar refractivity (Wildman–Crippen MR) is 44.9 cm³/mol. The highest BCUT2D eigenvalue weighted by Gasteiger charge is 1.99. The first kappa shape index (κ1) is 9.96. The van der Waals surface area contributed by atoms with Crippen LogP contribution in [0.25, 0.3) is 0 Å². The second-order valence-electron chi connectivity index (χ2n) is 3.61. The number of hydrogen-bond donors (Lipinski definition) is 1. The molecular weight excluding hydrogens is 124 g/mol. The van der Waals surface area contributed by atoms with Gasteiger partial charge in [-0.05, 0) is 18.3 Å². The molecule has 0 aliphatic carbocycles. The van der Waals surface area contributed by atoms with E-state index < -0.39 is 0 Å². The normalized spacial score (nSPS) is 14.1. The first-order chi connectivity index (χ1) is 4.66. The summed E-state index contributed by atoms with van der Waals surface area (Å²) >= 11 is 0. The quantitative estimate of drug-likeness (QED) is 0.628. The smallest absolute Gasteiger partial charge is 0.0456 e. The fourth-order valence-electron chi connectivity index (χ4n) is 0.966. The van der Waals surface area contributed by atoms with Crippen molar-refractivity contribution in [3.8, 4) is 0 Å². The Morgan fingerprint density at radius 2 is 1.70 bits per heavy atom. The largest absolute Gasteiger partial charge is 0.396 e. The van der Waals surface area contributed by atoms with Gasteiger partial charge in [-0.25, -0.2) is 0 Å². The Morgan fingerprint density at radius 3 is 2.10 bits per heavy atom. The molecule has 1 atom stereocenters. The molecule has 0 aliphatic heterocycles. The van der Waals surface area contributed by atoms with E-state index in [9.17, 15) is 0 Å². The van der Waals surface area contributed by atoms with Crippen LogP contribution >= 0.6 is 0 Å². The fourth-order valence-corrected chi connectivity index (χ4v) is 0.966. The molecule has 0 aromatic rings. The zero-order valence-electron chi connectivity index (χ0n) is 7.43. The highest BCUT2D eigenvalue weighted by Crippen LogP contribution is 2.11. The maximum absolute atomic E-state index is 8.70. The molecule has 1 N–H and O–H groups in total. The minimum Gasteiger partial charge on any atom is -0.396 e. The Balaban J connectivity index is 3.03. The molecule has 0 aromatic carbocycles. The molecule has 0 amide bonds. The zero-order chi connectivity index (χ0) is 7.98. The summed E-state index contributed by atoms with van der Waals surface area (Å²) < 4.78 is 0. The van der Waals surface area contributed by atoms with Crippen LogP contribution in [0.3, 0.4) is 0 Å². The van der Waals surface area contributed by atoms with Gasteiger partial charge >= 0.3 is 0 Å². The molecule has 0 saturated heterocycles. The van der Waals surface area contributed by atoms with Crippen molar-refractivity contribution in [2.75, 3.05) is 6.61 Å². The van der Waals surface area contributed by atoms with E-state index in [4.69, 9.17) is 5.11 Å². The van der Waals surface area contributed by atoms with E-state index in [2.05, 4.69) is 20.8 Å². The van der Waals surface area contributed by atoms with Gasteiger partial charge in [-0.15, -0.1) is 0 Å². The molecule has 0 bridgehead atoms. The molecule has 0 spiro atoms. The van der Waals surface area contributed by atoms with E-state index >= 15 is 0 Å². The lowest BCUT2D eigenvalue weighted by molar-refractivity contribution is 0.226. The topological polar surface area (TPSA) is 20.2 Å². The van der Waals surface area contributed by atoms with E-state index in [0.29, 0.717) is 12.5 Å². The molecule has 1 unspecified atom stereocenters. The first-order valence-electron chi connectivity index (χ1n) is 4.27. The fraction of sp³-hybridized carbons (Fsp3) is 1.00. The Bertz CT molecular complexity index is 69.1. The van der Waals surface area contributed by atoms with Gasteiger partial charge in [-0.1, -0.05) is 33.6 Å². The van der Waals surface area contributed by atoms with Crippen molar-refractivity contribution < 1.29 is 5.11 Å². The van der Waals surface area contributed by atoms with Crippen LogP contribution in [0.5, 0.6) is 0 Å². The molecule has 0 radical (unpaired) electrons. The zero-order valence-corrected chi connectivity index (χ0v) is 7.43. The molecule has 0 aliphatic rings. The standard InChI is InChI=1S/C9H20O/c1-8(2)5-4-6-9(3)7-10/h8-10H,4-7H2,1-3H3. The summed E-state index contributed by atoms with van der Waals surface area (Å²) in [6, 6.07) is 0. The number of aliphatic hydroxyl groups is 1. The Kier molecular flexibility index (Phi) is 5.70. The van der Waals surface area contributed by atoms with Gasteiger partial charge < -0.3 is 5.11 Å². The van der Waals surface area contributed by atoms with Crippen molar-refractivity contribution in [1.29, 1.82) is 0 Å². The minimum atomic E-state index is 0.345. The van der Waals surface area contributed by atoms with E-state index in [1.54, 1.807) is 0 Å². The lowest BCUT2D eigenvalue weighted by atomic mass is 10.0. The van der Waals surface area contributed by atoms with Gasteiger partial charge in [0.1, 0.15) is 0 Å². The third kappa shape index (κ3) is 6.09. The molecule has 62 valence electrons. The third-order valence-electron chi connectivity index (χ3n) is 1.79. The van der Waals surface area contributed by atoms with Crippen LogP contribution in [0.2, 0.25) is 0 Å². The average Bonchev–Trinajstić information content (AvgIpc) is 1.87. The van der Waals surface area contributed by atoms with E-state index in [1.807, 2.05) is 0 Å². The number of rotatable bonds is 5. The molecule has 0 heterocycles. The van der Waals surface area contributed by atoms with Crippen molar-refractivity contribution in [2.24, 2.45) is 11.8 Å². The van der Waals surface area contributed by atoms with Crippen LogP contribution in [0.4, 0.5) is 0 Å². The monoisotopic (exact) mass is 144 g/mol. The molecule has 0 saturated carbocycles. The average molecular weight is 144 g/mol. The minimum absolute atomic E-state index is 0.345. The van der Waals surface area contributed by atoms with Crippen LogP contribution in [0, 0.1) is 11.8 Å². The van der Waals surface area contributed by atoms with Gasteiger partial charge in [0.15, 0.2) is 0 Å². The summed E-state index contributed by atoms with van der Waals surface area (Å²) in [5.41, 5.74) is 0. The summed E-state index contributed by atoms with van der Waals surface area (Å²) in [5.74, 6) is 1.31. The molecule has 0 rings (SSSR count). The van der Waals surface area contributed by atoms with Crippen molar-refractivity contribution in [3.05, 3.63) is 0 Å². The van der Waals surface area contributed by atoms with Gasteiger partial charge in [-0.2, -0.15) is 0 Å². The summed E-state index contributed by atoms with van der Waals surface area (Å²) in [6.07, 6.45) is 3.73. The Labute approximate surface area is 64.5 Å². The van der Waals surface area contributed by atoms with Crippen molar-refractivity contribution in [1.82, 2.24) is 0 Å². The third-order valence-corrected chi connectivity index (χ3v) is 1.79. The van der Waals surface area contributed by atoms with Gasteiger partial charge in [0.05, 0.1) is 0 Å². The number of hydrogen-bond acceptors (Lipinski definition) is 1. The van der Waals surface area contributed by atoms with Crippen LogP contribution in [0.15, 0.2) is 0 Å². The lowest BCUT2D eigenvalue weighted by Gasteiger charge is -2.08. The molecular formula is C9H20O. The Morgan fingerprint density at radius 1 is 1.10 bits per heavy atom. The summed E-state index contributed by atoms with van der Waals surface area (Å²) in [6.45, 7) is 6.92. The highest BCUT2D eigenvalue weighted by molar-refractivity contribution is 4.52. The molecule has 1 nitrogen and oxygen atoms in total. The first-order valence-corrected chi connectivity index (χ1v) is 4.27. The Hall–Kier alpha value is -0.0400. The van der Waals surface area contributed by atoms with Gasteiger partial charge in [0.2, 0.25) is 0 Å². The van der Waals surface area contributed by atoms with Crippen LogP contribution in [-0.4, -0.2) is 11.7 Å².